The molecule has 0 aliphatic carbocycles. The molecule has 2 amide bonds. The number of aromatic nitrogens is 1. The largest absolute Gasteiger partial charge is 0.490 e. The molecule has 0 bridgehead atoms. The van der Waals surface area contributed by atoms with Crippen molar-refractivity contribution in [2.75, 3.05) is 28.6 Å². The second-order valence-electron chi connectivity index (χ2n) is 7.02. The van der Waals surface area contributed by atoms with E-state index in [-0.39, 0.29) is 16.5 Å². The summed E-state index contributed by atoms with van der Waals surface area (Å²) < 4.78 is 39.2. The fourth-order valence-corrected chi connectivity index (χ4v) is 4.74. The van der Waals surface area contributed by atoms with Gasteiger partial charge in [-0.15, -0.1) is 11.3 Å². The number of hydrogen-bond donors (Lipinski definition) is 3. The van der Waals surface area contributed by atoms with Crippen LogP contribution in [0, 0.1) is 0 Å². The van der Waals surface area contributed by atoms with Gasteiger partial charge >= 0.3 is 0 Å². The fourth-order valence-electron chi connectivity index (χ4n) is 2.93. The van der Waals surface area contributed by atoms with Crippen LogP contribution in [0.5, 0.6) is 11.5 Å². The first kappa shape index (κ1) is 22.6. The van der Waals surface area contributed by atoms with E-state index in [2.05, 4.69) is 20.3 Å². The summed E-state index contributed by atoms with van der Waals surface area (Å²) in [5.74, 6) is 0.164. The Labute approximate surface area is 194 Å². The van der Waals surface area contributed by atoms with Gasteiger partial charge in [-0.2, -0.15) is 0 Å². The van der Waals surface area contributed by atoms with Crippen LogP contribution >= 0.6 is 11.3 Å². The quantitative estimate of drug-likeness (QED) is 0.484. The van der Waals surface area contributed by atoms with Gasteiger partial charge in [0.15, 0.2) is 16.6 Å². The standard InChI is InChI=1S/C21H20N4O6S2/c1-13(26)22-21-24-17(12-32-21)20(27)23-14-3-5-15(6-4-14)25-33(28,29)16-7-8-18-19(11-16)31-10-2-9-30-18/h3-8,11-12,25H,2,9-10H2,1H3,(H,23,27)(H,22,24,26). The summed E-state index contributed by atoms with van der Waals surface area (Å²) in [5, 5.41) is 7.04. The molecule has 0 unspecified atom stereocenters. The SMILES string of the molecule is CC(=O)Nc1nc(C(=O)Nc2ccc(NS(=O)(=O)c3ccc4c(c3)OCCCO4)cc2)cs1. The summed E-state index contributed by atoms with van der Waals surface area (Å²) in [6.45, 7) is 2.32. The van der Waals surface area contributed by atoms with Crippen LogP contribution in [0.15, 0.2) is 52.7 Å². The Morgan fingerprint density at radius 1 is 0.970 bits per heavy atom. The number of thiazole rings is 1. The Hall–Kier alpha value is -3.64. The third-order valence-corrected chi connectivity index (χ3v) is 6.58. The number of ether oxygens (including phenoxy) is 2. The number of benzene rings is 2. The maximum Gasteiger partial charge on any atom is 0.275 e. The molecule has 0 atom stereocenters. The highest BCUT2D eigenvalue weighted by Gasteiger charge is 2.19. The van der Waals surface area contributed by atoms with Crippen molar-refractivity contribution in [3.05, 3.63) is 53.5 Å². The number of carbonyl (C=O) groups excluding carboxylic acids is 2. The van der Waals surface area contributed by atoms with Crippen LogP contribution in [0.25, 0.3) is 0 Å². The van der Waals surface area contributed by atoms with Gasteiger partial charge in [0.25, 0.3) is 15.9 Å². The van der Waals surface area contributed by atoms with E-state index in [4.69, 9.17) is 9.47 Å². The van der Waals surface area contributed by atoms with Gasteiger partial charge in [0.05, 0.1) is 18.1 Å². The normalized spacial score (nSPS) is 13.0. The molecular weight excluding hydrogens is 468 g/mol. The lowest BCUT2D eigenvalue weighted by atomic mass is 10.3. The van der Waals surface area contributed by atoms with E-state index >= 15 is 0 Å². The molecule has 0 fully saturated rings. The maximum absolute atomic E-state index is 12.8. The second kappa shape index (κ2) is 9.46. The fraction of sp³-hybridized carbons (Fsp3) is 0.190. The number of amides is 2. The molecule has 0 saturated heterocycles. The van der Waals surface area contributed by atoms with Gasteiger partial charge in [-0.05, 0) is 36.4 Å². The summed E-state index contributed by atoms with van der Waals surface area (Å²) in [6.07, 6.45) is 0.719. The summed E-state index contributed by atoms with van der Waals surface area (Å²) in [4.78, 5) is 27.5. The Bertz CT molecular complexity index is 1290. The van der Waals surface area contributed by atoms with Gasteiger partial charge in [-0.25, -0.2) is 13.4 Å². The summed E-state index contributed by atoms with van der Waals surface area (Å²) >= 11 is 1.14. The molecule has 1 aliphatic heterocycles. The molecule has 4 rings (SSSR count). The predicted molar refractivity (Wildman–Crippen MR) is 124 cm³/mol. The number of rotatable bonds is 6. The lowest BCUT2D eigenvalue weighted by Crippen LogP contribution is -2.14. The number of hydrogen-bond acceptors (Lipinski definition) is 8. The van der Waals surface area contributed by atoms with Crippen LogP contribution in [0.3, 0.4) is 0 Å². The molecule has 172 valence electrons. The van der Waals surface area contributed by atoms with Crippen molar-refractivity contribution in [3.63, 3.8) is 0 Å². The van der Waals surface area contributed by atoms with Gasteiger partial charge in [0, 0.05) is 36.2 Å². The van der Waals surface area contributed by atoms with E-state index in [1.54, 1.807) is 18.2 Å². The summed E-state index contributed by atoms with van der Waals surface area (Å²) in [7, 11) is -3.86. The average molecular weight is 489 g/mol. The summed E-state index contributed by atoms with van der Waals surface area (Å²) in [5.41, 5.74) is 0.928. The Morgan fingerprint density at radius 2 is 1.67 bits per heavy atom. The molecule has 3 aromatic rings. The zero-order valence-electron chi connectivity index (χ0n) is 17.5. The van der Waals surface area contributed by atoms with E-state index in [1.165, 1.54) is 36.6 Å². The van der Waals surface area contributed by atoms with Crippen LogP contribution in [0.2, 0.25) is 0 Å². The highest BCUT2D eigenvalue weighted by molar-refractivity contribution is 7.92. The molecule has 0 saturated carbocycles. The van der Waals surface area contributed by atoms with E-state index in [1.807, 2.05) is 0 Å². The van der Waals surface area contributed by atoms with Crippen molar-refractivity contribution >= 4 is 49.7 Å². The van der Waals surface area contributed by atoms with Gasteiger partial charge in [0.1, 0.15) is 5.69 Å². The molecule has 1 aliphatic rings. The lowest BCUT2D eigenvalue weighted by molar-refractivity contribution is -0.114. The molecule has 0 spiro atoms. The first-order valence-electron chi connectivity index (χ1n) is 9.87. The van der Waals surface area contributed by atoms with Crippen molar-refractivity contribution in [3.8, 4) is 11.5 Å². The monoisotopic (exact) mass is 488 g/mol. The third kappa shape index (κ3) is 5.59. The van der Waals surface area contributed by atoms with E-state index in [0.29, 0.717) is 41.2 Å². The molecule has 2 aromatic carbocycles. The van der Waals surface area contributed by atoms with E-state index in [9.17, 15) is 18.0 Å². The van der Waals surface area contributed by atoms with Crippen molar-refractivity contribution in [2.45, 2.75) is 18.2 Å². The van der Waals surface area contributed by atoms with Crippen molar-refractivity contribution in [1.82, 2.24) is 4.98 Å². The zero-order chi connectivity index (χ0) is 23.4. The number of sulfonamides is 1. The molecule has 1 aromatic heterocycles. The first-order valence-corrected chi connectivity index (χ1v) is 12.2. The van der Waals surface area contributed by atoms with Gasteiger partial charge in [-0.3, -0.25) is 14.3 Å². The van der Waals surface area contributed by atoms with Crippen molar-refractivity contribution in [2.24, 2.45) is 0 Å². The molecule has 2 heterocycles. The van der Waals surface area contributed by atoms with Crippen LogP contribution in [0.1, 0.15) is 23.8 Å². The topological polar surface area (TPSA) is 136 Å². The number of nitrogens with zero attached hydrogens (tertiary/aromatic N) is 1. The third-order valence-electron chi connectivity index (χ3n) is 4.44. The molecule has 10 nitrogen and oxygen atoms in total. The second-order valence-corrected chi connectivity index (χ2v) is 9.56. The summed E-state index contributed by atoms with van der Waals surface area (Å²) in [6, 6.07) is 10.6. The Morgan fingerprint density at radius 3 is 2.39 bits per heavy atom. The predicted octanol–water partition coefficient (Wildman–Crippen LogP) is 3.32. The minimum Gasteiger partial charge on any atom is -0.490 e. The van der Waals surface area contributed by atoms with Crippen LogP contribution in [-0.4, -0.2) is 38.4 Å². The number of anilines is 3. The number of carbonyl (C=O) groups is 2. The minimum atomic E-state index is -3.86. The van der Waals surface area contributed by atoms with Crippen molar-refractivity contribution in [1.29, 1.82) is 0 Å². The van der Waals surface area contributed by atoms with E-state index < -0.39 is 15.9 Å². The first-order chi connectivity index (χ1) is 15.8. The highest BCUT2D eigenvalue weighted by atomic mass is 32.2. The van der Waals surface area contributed by atoms with Gasteiger partial charge in [0.2, 0.25) is 5.91 Å². The van der Waals surface area contributed by atoms with E-state index in [0.717, 1.165) is 17.8 Å². The average Bonchev–Trinajstić information content (AvgIpc) is 3.10. The minimum absolute atomic E-state index is 0.0441. The van der Waals surface area contributed by atoms with Gasteiger partial charge < -0.3 is 20.1 Å². The van der Waals surface area contributed by atoms with Crippen molar-refractivity contribution < 1.29 is 27.5 Å². The molecule has 0 radical (unpaired) electrons. The smallest absolute Gasteiger partial charge is 0.275 e. The lowest BCUT2D eigenvalue weighted by Gasteiger charge is -2.12. The maximum atomic E-state index is 12.8. The van der Waals surface area contributed by atoms with Crippen LogP contribution < -0.4 is 24.8 Å². The highest BCUT2D eigenvalue weighted by Crippen LogP contribution is 2.32. The van der Waals surface area contributed by atoms with Crippen LogP contribution in [-0.2, 0) is 14.8 Å². The van der Waals surface area contributed by atoms with Crippen LogP contribution in [0.4, 0.5) is 16.5 Å². The zero-order valence-corrected chi connectivity index (χ0v) is 19.1. The van der Waals surface area contributed by atoms with Gasteiger partial charge in [-0.1, -0.05) is 0 Å². The molecule has 3 N–H and O–H groups in total. The number of fused-ring (bicyclic) bond motifs is 1. The Kier molecular flexibility index (Phi) is 6.47. The molecule has 33 heavy (non-hydrogen) atoms. The molecule has 12 heteroatoms. The Balaban J connectivity index is 1.42. The molecular formula is C21H20N4O6S2. The number of nitrogens with one attached hydrogen (secondary N) is 3.